The van der Waals surface area contributed by atoms with Crippen molar-refractivity contribution in [2.45, 2.75) is 44.7 Å². The van der Waals surface area contributed by atoms with Crippen LogP contribution in [-0.2, 0) is 0 Å². The van der Waals surface area contributed by atoms with Crippen LogP contribution < -0.4 is 0 Å². The Morgan fingerprint density at radius 2 is 1.74 bits per heavy atom. The van der Waals surface area contributed by atoms with Gasteiger partial charge in [-0.25, -0.2) is 4.68 Å². The summed E-state index contributed by atoms with van der Waals surface area (Å²) in [5, 5.41) is 13.7. The van der Waals surface area contributed by atoms with Gasteiger partial charge in [-0.05, 0) is 47.5 Å². The molecule has 4 rings (SSSR count). The first-order chi connectivity index (χ1) is 12.8. The van der Waals surface area contributed by atoms with Gasteiger partial charge < -0.3 is 4.90 Å². The smallest absolute Gasteiger partial charge is 0.173 e. The molecule has 1 saturated carbocycles. The molecule has 148 valence electrons. The van der Waals surface area contributed by atoms with Crippen molar-refractivity contribution in [2.75, 3.05) is 32.7 Å². The molecule has 0 bridgehead atoms. The van der Waals surface area contributed by atoms with Gasteiger partial charge in [-0.1, -0.05) is 43.5 Å². The molecule has 1 aliphatic carbocycles. The molecule has 1 unspecified atom stereocenters. The topological polar surface area (TPSA) is 50.1 Å². The van der Waals surface area contributed by atoms with E-state index in [1.807, 2.05) is 12.1 Å². The molecule has 2 fully saturated rings. The molecule has 1 atom stereocenters. The predicted molar refractivity (Wildman–Crippen MR) is 110 cm³/mol. The summed E-state index contributed by atoms with van der Waals surface area (Å²) in [5.41, 5.74) is 1.22. The lowest BCUT2D eigenvalue weighted by Crippen LogP contribution is -2.48. The first kappa shape index (κ1) is 20.5. The largest absolute Gasteiger partial charge is 0.301 e. The zero-order valence-corrected chi connectivity index (χ0v) is 17.4. The van der Waals surface area contributed by atoms with Crippen molar-refractivity contribution in [3.8, 4) is 0 Å². The highest BCUT2D eigenvalue weighted by Crippen LogP contribution is 2.34. The maximum atomic E-state index is 6.13. The van der Waals surface area contributed by atoms with E-state index >= 15 is 0 Å². The number of halogens is 2. The molecule has 0 radical (unpaired) electrons. The summed E-state index contributed by atoms with van der Waals surface area (Å²) < 4.78 is 2.10. The Morgan fingerprint density at radius 3 is 2.37 bits per heavy atom. The van der Waals surface area contributed by atoms with Crippen molar-refractivity contribution >= 4 is 24.0 Å². The summed E-state index contributed by atoms with van der Waals surface area (Å²) in [5.74, 6) is 0.976. The van der Waals surface area contributed by atoms with Crippen molar-refractivity contribution < 1.29 is 0 Å². The highest BCUT2D eigenvalue weighted by molar-refractivity contribution is 6.30. The second-order valence-electron chi connectivity index (χ2n) is 7.34. The fourth-order valence-electron chi connectivity index (χ4n) is 4.30. The monoisotopic (exact) mass is 410 g/mol. The third kappa shape index (κ3) is 4.45. The standard InChI is InChI=1S/C19H27ClN6.ClH/c1-2-24-11-13-25(14-12-24)18(15-7-9-16(20)10-8-15)19-21-22-23-26(19)17-5-3-4-6-17;/h7-10,17-18H,2-6,11-14H2,1H3;1H. The maximum absolute atomic E-state index is 6.13. The van der Waals surface area contributed by atoms with E-state index in [1.165, 1.54) is 31.2 Å². The van der Waals surface area contributed by atoms with Crippen LogP contribution in [0.5, 0.6) is 0 Å². The number of aromatic nitrogens is 4. The first-order valence-electron chi connectivity index (χ1n) is 9.76. The number of rotatable bonds is 5. The van der Waals surface area contributed by atoms with Crippen molar-refractivity contribution in [3.05, 3.63) is 40.7 Å². The Morgan fingerprint density at radius 1 is 1.07 bits per heavy atom. The number of nitrogens with zero attached hydrogens (tertiary/aromatic N) is 6. The highest BCUT2D eigenvalue weighted by Gasteiger charge is 2.32. The molecule has 1 saturated heterocycles. The van der Waals surface area contributed by atoms with Gasteiger partial charge in [-0.15, -0.1) is 17.5 Å². The molecule has 2 aliphatic rings. The SMILES string of the molecule is CCN1CCN(C(c2ccc(Cl)cc2)c2nnnn2C2CCCC2)CC1.Cl. The van der Waals surface area contributed by atoms with Gasteiger partial charge in [-0.2, -0.15) is 0 Å². The van der Waals surface area contributed by atoms with E-state index in [1.54, 1.807) is 0 Å². The third-order valence-electron chi connectivity index (χ3n) is 5.84. The van der Waals surface area contributed by atoms with Gasteiger partial charge in [-0.3, -0.25) is 4.90 Å². The Hall–Kier alpha value is -1.21. The fraction of sp³-hybridized carbons (Fsp3) is 0.632. The minimum atomic E-state index is 0. The number of piperazine rings is 1. The minimum Gasteiger partial charge on any atom is -0.301 e. The quantitative estimate of drug-likeness (QED) is 0.753. The van der Waals surface area contributed by atoms with E-state index in [0.29, 0.717) is 6.04 Å². The Labute approximate surface area is 172 Å². The molecule has 2 aromatic rings. The molecule has 1 aromatic carbocycles. The number of benzene rings is 1. The van der Waals surface area contributed by atoms with Crippen LogP contribution in [0.25, 0.3) is 0 Å². The Kier molecular flexibility index (Phi) is 7.09. The van der Waals surface area contributed by atoms with Crippen molar-refractivity contribution in [3.63, 3.8) is 0 Å². The van der Waals surface area contributed by atoms with E-state index in [9.17, 15) is 0 Å². The Balaban J connectivity index is 0.00000210. The minimum absolute atomic E-state index is 0. The van der Waals surface area contributed by atoms with E-state index < -0.39 is 0 Å². The van der Waals surface area contributed by atoms with Gasteiger partial charge in [0, 0.05) is 31.2 Å². The molecule has 8 heteroatoms. The third-order valence-corrected chi connectivity index (χ3v) is 6.09. The van der Waals surface area contributed by atoms with Gasteiger partial charge in [0.25, 0.3) is 0 Å². The molecule has 0 N–H and O–H groups in total. The lowest BCUT2D eigenvalue weighted by molar-refractivity contribution is 0.107. The van der Waals surface area contributed by atoms with Gasteiger partial charge in [0.05, 0.1) is 12.1 Å². The molecule has 27 heavy (non-hydrogen) atoms. The molecule has 1 aromatic heterocycles. The molecule has 0 amide bonds. The number of likely N-dealkylation sites (N-methyl/N-ethyl adjacent to an activating group) is 1. The van der Waals surface area contributed by atoms with Crippen LogP contribution in [0, 0.1) is 0 Å². The Bertz CT molecular complexity index is 705. The van der Waals surface area contributed by atoms with Crippen LogP contribution >= 0.6 is 24.0 Å². The number of hydrogen-bond acceptors (Lipinski definition) is 5. The van der Waals surface area contributed by atoms with Crippen molar-refractivity contribution in [1.29, 1.82) is 0 Å². The van der Waals surface area contributed by atoms with Crippen molar-refractivity contribution in [2.24, 2.45) is 0 Å². The number of hydrogen-bond donors (Lipinski definition) is 0. The lowest BCUT2D eigenvalue weighted by Gasteiger charge is -2.38. The van der Waals surface area contributed by atoms with Gasteiger partial charge in [0.15, 0.2) is 5.82 Å². The van der Waals surface area contributed by atoms with E-state index in [-0.39, 0.29) is 18.4 Å². The second kappa shape index (κ2) is 9.32. The summed E-state index contributed by atoms with van der Waals surface area (Å²) in [6.07, 6.45) is 4.89. The molecule has 1 aliphatic heterocycles. The number of tetrazole rings is 1. The fourth-order valence-corrected chi connectivity index (χ4v) is 4.42. The zero-order chi connectivity index (χ0) is 17.9. The first-order valence-corrected chi connectivity index (χ1v) is 10.1. The molecular weight excluding hydrogens is 383 g/mol. The molecule has 6 nitrogen and oxygen atoms in total. The van der Waals surface area contributed by atoms with Crippen LogP contribution in [-0.4, -0.2) is 62.7 Å². The second-order valence-corrected chi connectivity index (χ2v) is 7.78. The van der Waals surface area contributed by atoms with Gasteiger partial charge in [0.1, 0.15) is 0 Å². The molecular formula is C19H28Cl2N6. The lowest BCUT2D eigenvalue weighted by atomic mass is 10.0. The predicted octanol–water partition coefficient (Wildman–Crippen LogP) is 3.59. The van der Waals surface area contributed by atoms with Crippen LogP contribution in [0.2, 0.25) is 5.02 Å². The average molecular weight is 411 g/mol. The van der Waals surface area contributed by atoms with E-state index in [4.69, 9.17) is 11.6 Å². The van der Waals surface area contributed by atoms with Crippen molar-refractivity contribution in [1.82, 2.24) is 30.0 Å². The van der Waals surface area contributed by atoms with E-state index in [2.05, 4.69) is 49.1 Å². The van der Waals surface area contributed by atoms with Crippen LogP contribution in [0.4, 0.5) is 0 Å². The van der Waals surface area contributed by atoms with Gasteiger partial charge in [0.2, 0.25) is 0 Å². The summed E-state index contributed by atoms with van der Waals surface area (Å²) in [6.45, 7) is 7.57. The van der Waals surface area contributed by atoms with Crippen LogP contribution in [0.15, 0.2) is 24.3 Å². The summed E-state index contributed by atoms with van der Waals surface area (Å²) in [7, 11) is 0. The van der Waals surface area contributed by atoms with Crippen LogP contribution in [0.1, 0.15) is 56.1 Å². The average Bonchev–Trinajstić information content (AvgIpc) is 3.35. The van der Waals surface area contributed by atoms with Crippen LogP contribution in [0.3, 0.4) is 0 Å². The van der Waals surface area contributed by atoms with Gasteiger partial charge >= 0.3 is 0 Å². The molecule has 0 spiro atoms. The highest BCUT2D eigenvalue weighted by atomic mass is 35.5. The molecule has 2 heterocycles. The maximum Gasteiger partial charge on any atom is 0.173 e. The summed E-state index contributed by atoms with van der Waals surface area (Å²) in [6, 6.07) is 8.69. The van der Waals surface area contributed by atoms with E-state index in [0.717, 1.165) is 43.6 Å². The zero-order valence-electron chi connectivity index (χ0n) is 15.8. The normalized spacial score (nSPS) is 20.5. The summed E-state index contributed by atoms with van der Waals surface area (Å²) >= 11 is 6.13. The summed E-state index contributed by atoms with van der Waals surface area (Å²) in [4.78, 5) is 5.02.